The molecule has 0 aliphatic heterocycles. The van der Waals surface area contributed by atoms with Crippen LogP contribution in [0.25, 0.3) is 0 Å². The Morgan fingerprint density at radius 3 is 2.29 bits per heavy atom. The summed E-state index contributed by atoms with van der Waals surface area (Å²) in [6.45, 7) is 6.13. The van der Waals surface area contributed by atoms with E-state index in [2.05, 4.69) is 10.5 Å². The predicted molar refractivity (Wildman–Crippen MR) is 58.6 cm³/mol. The summed E-state index contributed by atoms with van der Waals surface area (Å²) in [6, 6.07) is 6.89. The van der Waals surface area contributed by atoms with E-state index in [1.165, 1.54) is 0 Å². The fourth-order valence-electron chi connectivity index (χ4n) is 0.861. The SMILES string of the molecule is CC(C)(C)NN=Cc1ccc(O)cc1. The molecular formula is C11H16N2O. The second kappa shape index (κ2) is 4.13. The molecule has 0 atom stereocenters. The summed E-state index contributed by atoms with van der Waals surface area (Å²) in [7, 11) is 0. The van der Waals surface area contributed by atoms with Crippen molar-refractivity contribution in [2.75, 3.05) is 0 Å². The largest absolute Gasteiger partial charge is 0.508 e. The van der Waals surface area contributed by atoms with Crippen LogP contribution < -0.4 is 5.43 Å². The summed E-state index contributed by atoms with van der Waals surface area (Å²) in [5, 5.41) is 13.1. The van der Waals surface area contributed by atoms with E-state index in [1.54, 1.807) is 18.3 Å². The zero-order valence-electron chi connectivity index (χ0n) is 8.78. The van der Waals surface area contributed by atoms with Crippen LogP contribution in [0.5, 0.6) is 5.75 Å². The number of rotatable bonds is 2. The van der Waals surface area contributed by atoms with Crippen molar-refractivity contribution in [2.24, 2.45) is 5.10 Å². The van der Waals surface area contributed by atoms with Gasteiger partial charge in [-0.2, -0.15) is 5.10 Å². The number of nitrogens with one attached hydrogen (secondary N) is 1. The number of hydrogen-bond donors (Lipinski definition) is 2. The van der Waals surface area contributed by atoms with Gasteiger partial charge in [-0.05, 0) is 50.6 Å². The molecule has 76 valence electrons. The molecule has 0 amide bonds. The summed E-state index contributed by atoms with van der Waals surface area (Å²) in [5.41, 5.74) is 3.93. The third-order valence-electron chi connectivity index (χ3n) is 1.51. The lowest BCUT2D eigenvalue weighted by atomic mass is 10.1. The van der Waals surface area contributed by atoms with Crippen LogP contribution in [0.3, 0.4) is 0 Å². The first-order valence-corrected chi connectivity index (χ1v) is 4.57. The maximum Gasteiger partial charge on any atom is 0.115 e. The van der Waals surface area contributed by atoms with Crippen molar-refractivity contribution >= 4 is 6.21 Å². The fourth-order valence-corrected chi connectivity index (χ4v) is 0.861. The van der Waals surface area contributed by atoms with E-state index in [0.29, 0.717) is 0 Å². The molecule has 1 aromatic carbocycles. The number of benzene rings is 1. The predicted octanol–water partition coefficient (Wildman–Crippen LogP) is 2.11. The van der Waals surface area contributed by atoms with Crippen molar-refractivity contribution < 1.29 is 5.11 Å². The van der Waals surface area contributed by atoms with Crippen LogP contribution >= 0.6 is 0 Å². The average Bonchev–Trinajstić information content (AvgIpc) is 2.06. The highest BCUT2D eigenvalue weighted by Gasteiger charge is 2.05. The number of hydrazone groups is 1. The summed E-state index contributed by atoms with van der Waals surface area (Å²) < 4.78 is 0. The molecule has 0 unspecified atom stereocenters. The van der Waals surface area contributed by atoms with Gasteiger partial charge in [0.25, 0.3) is 0 Å². The quantitative estimate of drug-likeness (QED) is 0.557. The van der Waals surface area contributed by atoms with E-state index in [0.717, 1.165) is 5.56 Å². The number of phenolic OH excluding ortho intramolecular Hbond substituents is 1. The third kappa shape index (κ3) is 3.94. The van der Waals surface area contributed by atoms with Crippen LogP contribution in [0.2, 0.25) is 0 Å². The van der Waals surface area contributed by atoms with Crippen molar-refractivity contribution in [3.05, 3.63) is 29.8 Å². The molecule has 0 aliphatic carbocycles. The molecule has 0 saturated heterocycles. The summed E-state index contributed by atoms with van der Waals surface area (Å²) in [4.78, 5) is 0. The average molecular weight is 192 g/mol. The molecule has 0 radical (unpaired) electrons. The first-order valence-electron chi connectivity index (χ1n) is 4.57. The van der Waals surface area contributed by atoms with E-state index in [9.17, 15) is 0 Å². The van der Waals surface area contributed by atoms with E-state index in [1.807, 2.05) is 32.9 Å². The Kier molecular flexibility index (Phi) is 3.12. The topological polar surface area (TPSA) is 44.6 Å². The van der Waals surface area contributed by atoms with Gasteiger partial charge in [-0.3, -0.25) is 0 Å². The number of phenols is 1. The molecule has 1 aromatic rings. The summed E-state index contributed by atoms with van der Waals surface area (Å²) >= 11 is 0. The lowest BCUT2D eigenvalue weighted by molar-refractivity contribution is 0.442. The van der Waals surface area contributed by atoms with Crippen LogP contribution in [0.1, 0.15) is 26.3 Å². The first-order chi connectivity index (χ1) is 6.47. The molecule has 14 heavy (non-hydrogen) atoms. The summed E-state index contributed by atoms with van der Waals surface area (Å²) in [5.74, 6) is 0.269. The third-order valence-corrected chi connectivity index (χ3v) is 1.51. The molecule has 0 fully saturated rings. The van der Waals surface area contributed by atoms with Gasteiger partial charge in [-0.1, -0.05) is 0 Å². The molecule has 2 N–H and O–H groups in total. The standard InChI is InChI=1S/C11H16N2O/c1-11(2,3)13-12-8-9-4-6-10(14)7-5-9/h4-8,13-14H,1-3H3. The maximum absolute atomic E-state index is 9.05. The van der Waals surface area contributed by atoms with Crippen molar-refractivity contribution in [1.82, 2.24) is 5.43 Å². The monoisotopic (exact) mass is 192 g/mol. The van der Waals surface area contributed by atoms with Crippen LogP contribution in [0, 0.1) is 0 Å². The van der Waals surface area contributed by atoms with E-state index >= 15 is 0 Å². The van der Waals surface area contributed by atoms with E-state index in [-0.39, 0.29) is 11.3 Å². The molecule has 0 spiro atoms. The van der Waals surface area contributed by atoms with Crippen LogP contribution in [-0.4, -0.2) is 16.9 Å². The number of aromatic hydroxyl groups is 1. The van der Waals surface area contributed by atoms with Gasteiger partial charge in [-0.15, -0.1) is 0 Å². The van der Waals surface area contributed by atoms with Gasteiger partial charge in [0, 0.05) is 5.54 Å². The highest BCUT2D eigenvalue weighted by Crippen LogP contribution is 2.07. The van der Waals surface area contributed by atoms with Crippen LogP contribution in [0.15, 0.2) is 29.4 Å². The molecule has 0 saturated carbocycles. The Labute approximate surface area is 84.5 Å². The smallest absolute Gasteiger partial charge is 0.115 e. The number of hydrogen-bond acceptors (Lipinski definition) is 3. The maximum atomic E-state index is 9.05. The molecular weight excluding hydrogens is 176 g/mol. The minimum atomic E-state index is -0.0204. The Morgan fingerprint density at radius 1 is 1.21 bits per heavy atom. The highest BCUT2D eigenvalue weighted by atomic mass is 16.3. The van der Waals surface area contributed by atoms with E-state index in [4.69, 9.17) is 5.11 Å². The Bertz CT molecular complexity index is 309. The zero-order valence-corrected chi connectivity index (χ0v) is 8.78. The molecule has 3 heteroatoms. The van der Waals surface area contributed by atoms with Gasteiger partial charge >= 0.3 is 0 Å². The Balaban J connectivity index is 2.57. The van der Waals surface area contributed by atoms with Crippen molar-refractivity contribution in [2.45, 2.75) is 26.3 Å². The molecule has 0 aromatic heterocycles. The molecule has 3 nitrogen and oxygen atoms in total. The molecule has 0 aliphatic rings. The van der Waals surface area contributed by atoms with Gasteiger partial charge < -0.3 is 10.5 Å². The second-order valence-corrected chi connectivity index (χ2v) is 4.21. The molecule has 0 heterocycles. The molecule has 1 rings (SSSR count). The lowest BCUT2D eigenvalue weighted by Gasteiger charge is -2.16. The Morgan fingerprint density at radius 2 is 1.79 bits per heavy atom. The number of nitrogens with zero attached hydrogens (tertiary/aromatic N) is 1. The zero-order chi connectivity index (χ0) is 10.6. The minimum absolute atomic E-state index is 0.0204. The van der Waals surface area contributed by atoms with Crippen molar-refractivity contribution in [1.29, 1.82) is 0 Å². The van der Waals surface area contributed by atoms with Crippen molar-refractivity contribution in [3.8, 4) is 5.75 Å². The van der Waals surface area contributed by atoms with Gasteiger partial charge in [0.15, 0.2) is 0 Å². The van der Waals surface area contributed by atoms with Crippen LogP contribution in [-0.2, 0) is 0 Å². The Hall–Kier alpha value is -1.51. The second-order valence-electron chi connectivity index (χ2n) is 4.21. The molecule has 0 bridgehead atoms. The highest BCUT2D eigenvalue weighted by molar-refractivity contribution is 5.79. The van der Waals surface area contributed by atoms with E-state index < -0.39 is 0 Å². The lowest BCUT2D eigenvalue weighted by Crippen LogP contribution is -2.31. The van der Waals surface area contributed by atoms with Gasteiger partial charge in [0.2, 0.25) is 0 Å². The van der Waals surface area contributed by atoms with Gasteiger partial charge in [0.1, 0.15) is 5.75 Å². The first kappa shape index (κ1) is 10.6. The van der Waals surface area contributed by atoms with Gasteiger partial charge in [0.05, 0.1) is 6.21 Å². The fraction of sp³-hybridized carbons (Fsp3) is 0.364. The van der Waals surface area contributed by atoms with Gasteiger partial charge in [-0.25, -0.2) is 0 Å². The minimum Gasteiger partial charge on any atom is -0.508 e. The van der Waals surface area contributed by atoms with Crippen molar-refractivity contribution in [3.63, 3.8) is 0 Å². The van der Waals surface area contributed by atoms with Crippen LogP contribution in [0.4, 0.5) is 0 Å². The summed E-state index contributed by atoms with van der Waals surface area (Å²) in [6.07, 6.45) is 1.73. The normalized spacial score (nSPS) is 11.9.